The quantitative estimate of drug-likeness (QED) is 0.683. The first kappa shape index (κ1) is 18.9. The molecule has 27 heavy (non-hydrogen) atoms. The highest BCUT2D eigenvalue weighted by molar-refractivity contribution is 7.90. The molecule has 0 saturated carbocycles. The molecule has 0 bridgehead atoms. The third-order valence-corrected chi connectivity index (χ3v) is 4.96. The van der Waals surface area contributed by atoms with Gasteiger partial charge in [-0.05, 0) is 25.1 Å². The molecule has 1 amide bonds. The minimum Gasteiger partial charge on any atom is -0.342 e. The van der Waals surface area contributed by atoms with Crippen molar-refractivity contribution >= 4 is 27.3 Å². The topological polar surface area (TPSA) is 120 Å². The molecule has 0 saturated heterocycles. The zero-order chi connectivity index (χ0) is 19.6. The average Bonchev–Trinajstić information content (AvgIpc) is 3.11. The fourth-order valence-electron chi connectivity index (χ4n) is 2.38. The lowest BCUT2D eigenvalue weighted by molar-refractivity contribution is 0.0937. The molecule has 1 aromatic carbocycles. The number of aromatic nitrogens is 5. The third kappa shape index (κ3) is 4.29. The maximum Gasteiger partial charge on any atom is 0.251 e. The molecule has 9 nitrogen and oxygen atoms in total. The summed E-state index contributed by atoms with van der Waals surface area (Å²) in [5, 5.41) is 7.02. The standard InChI is InChI=1S/C16H15ClN6O3S/c1-10(15-20-9-21-23(15)14-3-4-18-8-19-14)22-16(24)11-5-12(17)7-13(6-11)27(2,25)26/h3-10H,1-2H3,(H,22,24)/t10-/m1/s1. The molecule has 11 heteroatoms. The minimum absolute atomic E-state index is 0.0306. The van der Waals surface area contributed by atoms with Gasteiger partial charge >= 0.3 is 0 Å². The molecule has 0 aliphatic carbocycles. The molecule has 1 atom stereocenters. The van der Waals surface area contributed by atoms with E-state index in [2.05, 4.69) is 25.4 Å². The molecular weight excluding hydrogens is 392 g/mol. The van der Waals surface area contributed by atoms with Crippen molar-refractivity contribution in [1.29, 1.82) is 0 Å². The summed E-state index contributed by atoms with van der Waals surface area (Å²) in [4.78, 5) is 24.7. The van der Waals surface area contributed by atoms with Gasteiger partial charge in [0.05, 0.1) is 10.9 Å². The summed E-state index contributed by atoms with van der Waals surface area (Å²) in [6, 6.07) is 5.09. The summed E-state index contributed by atoms with van der Waals surface area (Å²) in [5.41, 5.74) is 0.128. The highest BCUT2D eigenvalue weighted by Gasteiger charge is 2.20. The Bertz CT molecular complexity index is 1080. The SMILES string of the molecule is C[C@@H](NC(=O)c1cc(Cl)cc(S(C)(=O)=O)c1)c1ncnn1-c1ccncn1. The molecule has 3 aromatic rings. The Morgan fingerprint density at radius 1 is 1.22 bits per heavy atom. The lowest BCUT2D eigenvalue weighted by Gasteiger charge is -2.14. The number of carbonyl (C=O) groups excluding carboxylic acids is 1. The molecule has 0 spiro atoms. The van der Waals surface area contributed by atoms with Crippen molar-refractivity contribution < 1.29 is 13.2 Å². The van der Waals surface area contributed by atoms with Crippen molar-refractivity contribution in [2.75, 3.05) is 6.26 Å². The number of amides is 1. The van der Waals surface area contributed by atoms with E-state index in [9.17, 15) is 13.2 Å². The van der Waals surface area contributed by atoms with E-state index in [4.69, 9.17) is 11.6 Å². The molecule has 0 radical (unpaired) electrons. The molecule has 0 fully saturated rings. The fraction of sp³-hybridized carbons (Fsp3) is 0.188. The number of rotatable bonds is 5. The number of nitrogens with one attached hydrogen (secondary N) is 1. The van der Waals surface area contributed by atoms with Crippen LogP contribution in [0, 0.1) is 0 Å². The van der Waals surface area contributed by atoms with Crippen molar-refractivity contribution in [2.45, 2.75) is 17.9 Å². The highest BCUT2D eigenvalue weighted by Crippen LogP contribution is 2.20. The molecule has 0 aliphatic rings. The normalized spacial score (nSPS) is 12.6. The van der Waals surface area contributed by atoms with Crippen LogP contribution in [0.25, 0.3) is 5.82 Å². The first-order valence-corrected chi connectivity index (χ1v) is 10.0. The number of hydrogen-bond donors (Lipinski definition) is 1. The van der Waals surface area contributed by atoms with Gasteiger partial charge in [-0.2, -0.15) is 9.78 Å². The van der Waals surface area contributed by atoms with Crippen molar-refractivity contribution in [3.8, 4) is 5.82 Å². The molecule has 1 N–H and O–H groups in total. The van der Waals surface area contributed by atoms with Crippen LogP contribution in [0.3, 0.4) is 0 Å². The number of nitrogens with zero attached hydrogens (tertiary/aromatic N) is 5. The van der Waals surface area contributed by atoms with Crippen LogP contribution >= 0.6 is 11.6 Å². The van der Waals surface area contributed by atoms with E-state index in [1.54, 1.807) is 19.2 Å². The van der Waals surface area contributed by atoms with Crippen molar-refractivity contribution in [2.24, 2.45) is 0 Å². The van der Waals surface area contributed by atoms with E-state index in [0.29, 0.717) is 11.6 Å². The first-order chi connectivity index (χ1) is 12.8. The smallest absolute Gasteiger partial charge is 0.251 e. The number of halogens is 1. The third-order valence-electron chi connectivity index (χ3n) is 3.65. The van der Waals surface area contributed by atoms with Crippen LogP contribution in [0.2, 0.25) is 5.02 Å². The summed E-state index contributed by atoms with van der Waals surface area (Å²) in [5.74, 6) is 0.459. The second kappa shape index (κ2) is 7.41. The van der Waals surface area contributed by atoms with Gasteiger partial charge in [0.2, 0.25) is 0 Å². The van der Waals surface area contributed by atoms with Gasteiger partial charge in [0.25, 0.3) is 5.91 Å². The molecule has 0 unspecified atom stereocenters. The van der Waals surface area contributed by atoms with Crippen LogP contribution in [0.5, 0.6) is 0 Å². The minimum atomic E-state index is -3.50. The molecule has 2 heterocycles. The first-order valence-electron chi connectivity index (χ1n) is 7.73. The Hall–Kier alpha value is -2.85. The Morgan fingerprint density at radius 2 is 2.00 bits per heavy atom. The predicted octanol–water partition coefficient (Wildman–Crippen LogP) is 1.61. The Kier molecular flexibility index (Phi) is 5.19. The molecular formula is C16H15ClN6O3S. The van der Waals surface area contributed by atoms with Gasteiger partial charge < -0.3 is 5.32 Å². The predicted molar refractivity (Wildman–Crippen MR) is 97.4 cm³/mol. The van der Waals surface area contributed by atoms with Crippen LogP contribution in [0.15, 0.2) is 48.0 Å². The summed E-state index contributed by atoms with van der Waals surface area (Å²) in [6.45, 7) is 1.72. The van der Waals surface area contributed by atoms with Crippen LogP contribution in [-0.2, 0) is 9.84 Å². The van der Waals surface area contributed by atoms with E-state index >= 15 is 0 Å². The van der Waals surface area contributed by atoms with Gasteiger partial charge in [0.15, 0.2) is 21.5 Å². The van der Waals surface area contributed by atoms with Gasteiger partial charge in [-0.3, -0.25) is 4.79 Å². The second-order valence-corrected chi connectivity index (χ2v) is 8.19. The van der Waals surface area contributed by atoms with E-state index in [1.807, 2.05) is 0 Å². The Labute approximate surface area is 160 Å². The monoisotopic (exact) mass is 406 g/mol. The second-order valence-electron chi connectivity index (χ2n) is 5.74. The van der Waals surface area contributed by atoms with E-state index < -0.39 is 21.8 Å². The molecule has 3 rings (SSSR count). The van der Waals surface area contributed by atoms with Gasteiger partial charge in [0.1, 0.15) is 12.7 Å². The summed E-state index contributed by atoms with van der Waals surface area (Å²) < 4.78 is 25.0. The largest absolute Gasteiger partial charge is 0.342 e. The summed E-state index contributed by atoms with van der Waals surface area (Å²) >= 11 is 5.96. The van der Waals surface area contributed by atoms with Crippen molar-refractivity contribution in [3.63, 3.8) is 0 Å². The van der Waals surface area contributed by atoms with E-state index in [-0.39, 0.29) is 15.5 Å². The molecule has 0 aliphatic heterocycles. The van der Waals surface area contributed by atoms with Crippen molar-refractivity contribution in [1.82, 2.24) is 30.0 Å². The maximum absolute atomic E-state index is 12.6. The Balaban J connectivity index is 1.86. The summed E-state index contributed by atoms with van der Waals surface area (Å²) in [7, 11) is -3.50. The van der Waals surface area contributed by atoms with E-state index in [1.165, 1.54) is 35.5 Å². The van der Waals surface area contributed by atoms with Crippen LogP contribution in [-0.4, -0.2) is 45.3 Å². The highest BCUT2D eigenvalue weighted by atomic mass is 35.5. The zero-order valence-corrected chi connectivity index (χ0v) is 15.9. The van der Waals surface area contributed by atoms with Gasteiger partial charge in [-0.25, -0.2) is 23.4 Å². The van der Waals surface area contributed by atoms with Crippen molar-refractivity contribution in [3.05, 3.63) is 59.5 Å². The Morgan fingerprint density at radius 3 is 2.67 bits per heavy atom. The van der Waals surface area contributed by atoms with Gasteiger partial charge in [-0.1, -0.05) is 11.6 Å². The van der Waals surface area contributed by atoms with Gasteiger partial charge in [0, 0.05) is 29.1 Å². The molecule has 140 valence electrons. The lowest BCUT2D eigenvalue weighted by atomic mass is 10.2. The lowest BCUT2D eigenvalue weighted by Crippen LogP contribution is -2.29. The van der Waals surface area contributed by atoms with E-state index in [0.717, 1.165) is 6.26 Å². The number of benzene rings is 1. The summed E-state index contributed by atoms with van der Waals surface area (Å²) in [6.07, 6.45) is 5.34. The molecule has 2 aromatic heterocycles. The average molecular weight is 407 g/mol. The zero-order valence-electron chi connectivity index (χ0n) is 14.4. The maximum atomic E-state index is 12.6. The van der Waals surface area contributed by atoms with Gasteiger partial charge in [-0.15, -0.1) is 0 Å². The van der Waals surface area contributed by atoms with Crippen LogP contribution in [0.1, 0.15) is 29.1 Å². The number of sulfone groups is 1. The number of carbonyl (C=O) groups is 1. The van der Waals surface area contributed by atoms with Crippen LogP contribution < -0.4 is 5.32 Å². The fourth-order valence-corrected chi connectivity index (χ4v) is 3.37. The number of hydrogen-bond acceptors (Lipinski definition) is 7. The van der Waals surface area contributed by atoms with Crippen LogP contribution in [0.4, 0.5) is 0 Å².